The van der Waals surface area contributed by atoms with Gasteiger partial charge in [0.15, 0.2) is 0 Å². The second-order valence-electron chi connectivity index (χ2n) is 3.97. The average Bonchev–Trinajstić information content (AvgIpc) is 2.21. The van der Waals surface area contributed by atoms with E-state index in [-0.39, 0.29) is 24.0 Å². The van der Waals surface area contributed by atoms with Crippen LogP contribution in [-0.4, -0.2) is 38.4 Å². The Morgan fingerprint density at radius 3 is 2.33 bits per heavy atom. The first-order chi connectivity index (χ1) is 7.02. The summed E-state index contributed by atoms with van der Waals surface area (Å²) in [6, 6.07) is -0.109. The number of rotatable bonds is 7. The molecular formula is C11H23NO3. The SMILES string of the molecule is CCOCC(C)NC(C(=O)OC)C(C)C. The average molecular weight is 217 g/mol. The van der Waals surface area contributed by atoms with Crippen molar-refractivity contribution in [2.24, 2.45) is 5.92 Å². The van der Waals surface area contributed by atoms with Gasteiger partial charge in [0.2, 0.25) is 0 Å². The van der Waals surface area contributed by atoms with Gasteiger partial charge >= 0.3 is 5.97 Å². The lowest BCUT2D eigenvalue weighted by Gasteiger charge is -2.24. The van der Waals surface area contributed by atoms with Gasteiger partial charge in [-0.3, -0.25) is 10.1 Å². The summed E-state index contributed by atoms with van der Waals surface area (Å²) in [4.78, 5) is 11.4. The second-order valence-corrected chi connectivity index (χ2v) is 3.97. The molecule has 90 valence electrons. The highest BCUT2D eigenvalue weighted by Gasteiger charge is 2.24. The van der Waals surface area contributed by atoms with Crippen LogP contribution in [0.1, 0.15) is 27.7 Å². The van der Waals surface area contributed by atoms with Crippen molar-refractivity contribution in [3.05, 3.63) is 0 Å². The van der Waals surface area contributed by atoms with E-state index < -0.39 is 0 Å². The maximum Gasteiger partial charge on any atom is 0.323 e. The number of carbonyl (C=O) groups is 1. The van der Waals surface area contributed by atoms with Crippen LogP contribution in [0.15, 0.2) is 0 Å². The molecule has 0 amide bonds. The highest BCUT2D eigenvalue weighted by Crippen LogP contribution is 2.04. The van der Waals surface area contributed by atoms with Crippen LogP contribution in [0.25, 0.3) is 0 Å². The van der Waals surface area contributed by atoms with Crippen LogP contribution in [0.3, 0.4) is 0 Å². The van der Waals surface area contributed by atoms with Crippen LogP contribution in [-0.2, 0) is 14.3 Å². The summed E-state index contributed by atoms with van der Waals surface area (Å²) < 4.78 is 10.0. The Morgan fingerprint density at radius 1 is 1.33 bits per heavy atom. The molecule has 0 radical (unpaired) electrons. The standard InChI is InChI=1S/C11H23NO3/c1-6-15-7-9(4)12-10(8(2)3)11(13)14-5/h8-10,12H,6-7H2,1-5H3. The lowest BCUT2D eigenvalue weighted by atomic mass is 10.0. The van der Waals surface area contributed by atoms with Crippen LogP contribution in [0, 0.1) is 5.92 Å². The third kappa shape index (κ3) is 5.74. The number of hydrogen-bond donors (Lipinski definition) is 1. The highest BCUT2D eigenvalue weighted by atomic mass is 16.5. The Hall–Kier alpha value is -0.610. The number of esters is 1. The van der Waals surface area contributed by atoms with Crippen LogP contribution in [0.5, 0.6) is 0 Å². The van der Waals surface area contributed by atoms with Gasteiger partial charge in [0, 0.05) is 12.6 Å². The molecule has 0 saturated heterocycles. The quantitative estimate of drug-likeness (QED) is 0.651. The first-order valence-electron chi connectivity index (χ1n) is 5.44. The summed E-state index contributed by atoms with van der Waals surface area (Å²) in [5, 5.41) is 3.20. The second kappa shape index (κ2) is 7.65. The van der Waals surface area contributed by atoms with E-state index >= 15 is 0 Å². The lowest BCUT2D eigenvalue weighted by molar-refractivity contribution is -0.144. The summed E-state index contributed by atoms with van der Waals surface area (Å²) in [6.45, 7) is 9.22. The molecule has 0 aromatic carbocycles. The van der Waals surface area contributed by atoms with E-state index in [1.54, 1.807) is 0 Å². The number of carbonyl (C=O) groups excluding carboxylic acids is 1. The Labute approximate surface area is 92.3 Å². The molecule has 0 heterocycles. The zero-order chi connectivity index (χ0) is 11.8. The number of nitrogens with one attached hydrogen (secondary N) is 1. The first-order valence-corrected chi connectivity index (χ1v) is 5.44. The summed E-state index contributed by atoms with van der Waals surface area (Å²) in [5.41, 5.74) is 0. The highest BCUT2D eigenvalue weighted by molar-refractivity contribution is 5.75. The fourth-order valence-corrected chi connectivity index (χ4v) is 1.31. The smallest absolute Gasteiger partial charge is 0.323 e. The van der Waals surface area contributed by atoms with Crippen LogP contribution in [0.4, 0.5) is 0 Å². The van der Waals surface area contributed by atoms with Gasteiger partial charge in [0.1, 0.15) is 6.04 Å². The number of hydrogen-bond acceptors (Lipinski definition) is 4. The van der Waals surface area contributed by atoms with Gasteiger partial charge in [0.25, 0.3) is 0 Å². The first kappa shape index (κ1) is 14.4. The van der Waals surface area contributed by atoms with Gasteiger partial charge in [-0.25, -0.2) is 0 Å². The summed E-state index contributed by atoms with van der Waals surface area (Å²) in [6.07, 6.45) is 0. The molecule has 0 bridgehead atoms. The molecule has 0 aromatic heterocycles. The Morgan fingerprint density at radius 2 is 1.93 bits per heavy atom. The number of ether oxygens (including phenoxy) is 2. The fourth-order valence-electron chi connectivity index (χ4n) is 1.31. The summed E-state index contributed by atoms with van der Waals surface area (Å²) in [5.74, 6) is -0.00475. The topological polar surface area (TPSA) is 47.6 Å². The zero-order valence-corrected chi connectivity index (χ0v) is 10.4. The van der Waals surface area contributed by atoms with E-state index in [1.165, 1.54) is 7.11 Å². The molecular weight excluding hydrogens is 194 g/mol. The Balaban J connectivity index is 4.10. The maximum absolute atomic E-state index is 11.4. The van der Waals surface area contributed by atoms with Crippen molar-refractivity contribution in [3.63, 3.8) is 0 Å². The normalized spacial score (nSPS) is 15.1. The van der Waals surface area contributed by atoms with Crippen molar-refractivity contribution in [1.82, 2.24) is 5.32 Å². The molecule has 0 aliphatic rings. The molecule has 0 spiro atoms. The van der Waals surface area contributed by atoms with Crippen LogP contribution in [0.2, 0.25) is 0 Å². The third-order valence-electron chi connectivity index (χ3n) is 2.16. The minimum absolute atomic E-state index is 0.149. The van der Waals surface area contributed by atoms with Crippen LogP contribution >= 0.6 is 0 Å². The predicted octanol–water partition coefficient (Wildman–Crippen LogP) is 1.20. The molecule has 0 rings (SSSR count). The minimum Gasteiger partial charge on any atom is -0.468 e. The molecule has 0 aromatic rings. The lowest BCUT2D eigenvalue weighted by Crippen LogP contribution is -2.47. The largest absolute Gasteiger partial charge is 0.468 e. The molecule has 1 N–H and O–H groups in total. The molecule has 4 nitrogen and oxygen atoms in total. The monoisotopic (exact) mass is 217 g/mol. The van der Waals surface area contributed by atoms with Gasteiger partial charge in [-0.1, -0.05) is 13.8 Å². The van der Waals surface area contributed by atoms with Crippen LogP contribution < -0.4 is 5.32 Å². The third-order valence-corrected chi connectivity index (χ3v) is 2.16. The van der Waals surface area contributed by atoms with E-state index in [4.69, 9.17) is 9.47 Å². The molecule has 2 atom stereocenters. The molecule has 15 heavy (non-hydrogen) atoms. The van der Waals surface area contributed by atoms with E-state index in [9.17, 15) is 4.79 Å². The molecule has 0 fully saturated rings. The molecule has 2 unspecified atom stereocenters. The van der Waals surface area contributed by atoms with Crippen molar-refractivity contribution in [3.8, 4) is 0 Å². The van der Waals surface area contributed by atoms with Crippen molar-refractivity contribution in [1.29, 1.82) is 0 Å². The Bertz CT molecular complexity index is 183. The van der Waals surface area contributed by atoms with Gasteiger partial charge < -0.3 is 9.47 Å². The van der Waals surface area contributed by atoms with Gasteiger partial charge in [-0.15, -0.1) is 0 Å². The number of methoxy groups -OCH3 is 1. The predicted molar refractivity (Wildman–Crippen MR) is 59.7 cm³/mol. The van der Waals surface area contributed by atoms with Gasteiger partial charge in [-0.2, -0.15) is 0 Å². The zero-order valence-electron chi connectivity index (χ0n) is 10.4. The van der Waals surface area contributed by atoms with Crippen molar-refractivity contribution >= 4 is 5.97 Å². The summed E-state index contributed by atoms with van der Waals surface area (Å²) >= 11 is 0. The van der Waals surface area contributed by atoms with Gasteiger partial charge in [0.05, 0.1) is 13.7 Å². The van der Waals surface area contributed by atoms with E-state index in [2.05, 4.69) is 5.32 Å². The molecule has 0 aliphatic carbocycles. The van der Waals surface area contributed by atoms with Crippen molar-refractivity contribution in [2.75, 3.05) is 20.3 Å². The molecule has 4 heteroatoms. The van der Waals surface area contributed by atoms with E-state index in [0.717, 1.165) is 0 Å². The van der Waals surface area contributed by atoms with Crippen molar-refractivity contribution in [2.45, 2.75) is 39.8 Å². The molecule has 0 saturated carbocycles. The Kier molecular flexibility index (Phi) is 7.34. The van der Waals surface area contributed by atoms with E-state index in [0.29, 0.717) is 13.2 Å². The summed E-state index contributed by atoms with van der Waals surface area (Å²) in [7, 11) is 1.41. The van der Waals surface area contributed by atoms with E-state index in [1.807, 2.05) is 27.7 Å². The fraction of sp³-hybridized carbons (Fsp3) is 0.909. The maximum atomic E-state index is 11.4. The van der Waals surface area contributed by atoms with Crippen molar-refractivity contribution < 1.29 is 14.3 Å². The molecule has 0 aliphatic heterocycles. The minimum atomic E-state index is -0.259. The van der Waals surface area contributed by atoms with Gasteiger partial charge in [-0.05, 0) is 19.8 Å².